The van der Waals surface area contributed by atoms with E-state index in [1.54, 1.807) is 36.8 Å². The highest BCUT2D eigenvalue weighted by Crippen LogP contribution is 2.34. The summed E-state index contributed by atoms with van der Waals surface area (Å²) in [6, 6.07) is 9.80. The topological polar surface area (TPSA) is 99.3 Å². The fourth-order valence-corrected chi connectivity index (χ4v) is 5.12. The number of pyridine rings is 3. The maximum absolute atomic E-state index is 16.1. The number of aromatic nitrogens is 7. The van der Waals surface area contributed by atoms with E-state index in [1.807, 2.05) is 12.3 Å². The smallest absolute Gasteiger partial charge is 0.161 e. The van der Waals surface area contributed by atoms with Crippen LogP contribution >= 0.6 is 0 Å². The first kappa shape index (κ1) is 22.6. The summed E-state index contributed by atoms with van der Waals surface area (Å²) in [6.07, 6.45) is 9.08. The molecule has 1 aliphatic heterocycles. The Morgan fingerprint density at radius 3 is 2.53 bits per heavy atom. The summed E-state index contributed by atoms with van der Waals surface area (Å²) in [5.41, 5.74) is 5.24. The molecular formula is C28H22F2N8. The van der Waals surface area contributed by atoms with Crippen molar-refractivity contribution in [3.63, 3.8) is 0 Å². The second-order valence-electron chi connectivity index (χ2n) is 9.49. The van der Waals surface area contributed by atoms with Crippen molar-refractivity contribution in [3.05, 3.63) is 78.4 Å². The zero-order chi connectivity index (χ0) is 25.6. The van der Waals surface area contributed by atoms with Crippen LogP contribution in [-0.2, 0) is 6.54 Å². The third kappa shape index (κ3) is 3.90. The van der Waals surface area contributed by atoms with Crippen molar-refractivity contribution in [2.75, 3.05) is 13.1 Å². The van der Waals surface area contributed by atoms with Crippen molar-refractivity contribution in [1.29, 1.82) is 0 Å². The van der Waals surface area contributed by atoms with Gasteiger partial charge in [-0.05, 0) is 67.9 Å². The van der Waals surface area contributed by atoms with Gasteiger partial charge in [0.05, 0.1) is 28.3 Å². The first-order valence-corrected chi connectivity index (χ1v) is 12.4. The predicted molar refractivity (Wildman–Crippen MR) is 140 cm³/mol. The van der Waals surface area contributed by atoms with Crippen LogP contribution in [0, 0.1) is 11.6 Å². The molecule has 188 valence electrons. The average Bonchev–Trinajstić information content (AvgIpc) is 3.69. The van der Waals surface area contributed by atoms with Crippen molar-refractivity contribution in [2.24, 2.45) is 0 Å². The van der Waals surface area contributed by atoms with Crippen LogP contribution in [0.5, 0.6) is 0 Å². The third-order valence-corrected chi connectivity index (χ3v) is 6.96. The summed E-state index contributed by atoms with van der Waals surface area (Å²) >= 11 is 0. The summed E-state index contributed by atoms with van der Waals surface area (Å²) in [5.74, 6) is -0.438. The maximum Gasteiger partial charge on any atom is 0.161 e. The Labute approximate surface area is 215 Å². The molecule has 0 radical (unpaired) electrons. The molecular weight excluding hydrogens is 486 g/mol. The van der Waals surface area contributed by atoms with E-state index in [9.17, 15) is 4.39 Å². The van der Waals surface area contributed by atoms with E-state index >= 15 is 4.39 Å². The molecule has 10 heteroatoms. The summed E-state index contributed by atoms with van der Waals surface area (Å²) in [5, 5.41) is 7.52. The number of benzene rings is 1. The van der Waals surface area contributed by atoms with Crippen LogP contribution in [0.2, 0.25) is 0 Å². The number of nitrogens with one attached hydrogen (secondary N) is 2. The second kappa shape index (κ2) is 9.07. The molecule has 38 heavy (non-hydrogen) atoms. The molecule has 6 heterocycles. The molecule has 0 atom stereocenters. The van der Waals surface area contributed by atoms with E-state index in [1.165, 1.54) is 25.0 Å². The summed E-state index contributed by atoms with van der Waals surface area (Å²) in [4.78, 5) is 23.5. The molecule has 0 bridgehead atoms. The molecule has 0 aliphatic carbocycles. The number of halogens is 2. The van der Waals surface area contributed by atoms with E-state index in [4.69, 9.17) is 4.98 Å². The zero-order valence-corrected chi connectivity index (χ0v) is 20.2. The van der Waals surface area contributed by atoms with Gasteiger partial charge in [0, 0.05) is 36.3 Å². The molecule has 1 aromatic carbocycles. The SMILES string of the molecule is Fc1ccc(-c2nccc3[nH]c(-c4n[nH]c5cnc(-c6cncc(CN7CCCC7)c6)c(F)c45)nc23)cc1. The molecule has 7 rings (SSSR count). The average molecular weight is 509 g/mol. The van der Waals surface area contributed by atoms with E-state index < -0.39 is 5.82 Å². The minimum atomic E-state index is -0.497. The Balaban J connectivity index is 1.31. The highest BCUT2D eigenvalue weighted by molar-refractivity contribution is 5.97. The van der Waals surface area contributed by atoms with Crippen LogP contribution in [0.4, 0.5) is 8.78 Å². The van der Waals surface area contributed by atoms with Gasteiger partial charge < -0.3 is 4.98 Å². The van der Waals surface area contributed by atoms with Crippen LogP contribution in [0.15, 0.2) is 61.2 Å². The number of nitrogens with zero attached hydrogens (tertiary/aromatic N) is 6. The van der Waals surface area contributed by atoms with E-state index in [2.05, 4.69) is 35.0 Å². The summed E-state index contributed by atoms with van der Waals surface area (Å²) in [6.45, 7) is 2.92. The van der Waals surface area contributed by atoms with E-state index in [0.29, 0.717) is 39.3 Å². The lowest BCUT2D eigenvalue weighted by molar-refractivity contribution is 0.331. The van der Waals surface area contributed by atoms with Gasteiger partial charge in [0.1, 0.15) is 22.7 Å². The highest BCUT2D eigenvalue weighted by Gasteiger charge is 2.22. The number of hydrogen-bond acceptors (Lipinski definition) is 6. The molecule has 8 nitrogen and oxygen atoms in total. The van der Waals surface area contributed by atoms with Gasteiger partial charge in [-0.1, -0.05) is 0 Å². The van der Waals surface area contributed by atoms with Crippen molar-refractivity contribution in [1.82, 2.24) is 40.0 Å². The van der Waals surface area contributed by atoms with Gasteiger partial charge in [-0.2, -0.15) is 5.10 Å². The summed E-state index contributed by atoms with van der Waals surface area (Å²) < 4.78 is 29.5. The van der Waals surface area contributed by atoms with Gasteiger partial charge in [-0.25, -0.2) is 13.8 Å². The van der Waals surface area contributed by atoms with Crippen LogP contribution in [0.3, 0.4) is 0 Å². The van der Waals surface area contributed by atoms with Crippen molar-refractivity contribution >= 4 is 21.9 Å². The van der Waals surface area contributed by atoms with Crippen LogP contribution in [-0.4, -0.2) is 53.1 Å². The minimum Gasteiger partial charge on any atom is -0.336 e. The van der Waals surface area contributed by atoms with Gasteiger partial charge >= 0.3 is 0 Å². The lowest BCUT2D eigenvalue weighted by Gasteiger charge is -2.14. The molecule has 1 saturated heterocycles. The Morgan fingerprint density at radius 1 is 0.842 bits per heavy atom. The van der Waals surface area contributed by atoms with Crippen molar-refractivity contribution in [3.8, 4) is 34.0 Å². The zero-order valence-electron chi connectivity index (χ0n) is 20.2. The molecule has 5 aromatic heterocycles. The van der Waals surface area contributed by atoms with Gasteiger partial charge in [0.25, 0.3) is 0 Å². The standard InChI is InChI=1S/C28H22F2N8/c29-19-5-3-17(4-6-19)25-26-20(7-8-32-25)34-28(35-26)27-22-21(36-37-27)14-33-24(23(22)30)18-11-16(12-31-13-18)15-38-9-1-2-10-38/h3-8,11-14H,1-2,9-10,15H2,(H,34,35)(H,36,37). The molecule has 0 unspecified atom stereocenters. The van der Waals surface area contributed by atoms with Gasteiger partial charge in [0.15, 0.2) is 11.6 Å². The van der Waals surface area contributed by atoms with E-state index in [0.717, 1.165) is 30.8 Å². The number of hydrogen-bond donors (Lipinski definition) is 2. The Morgan fingerprint density at radius 2 is 1.68 bits per heavy atom. The first-order chi connectivity index (χ1) is 18.6. The molecule has 0 amide bonds. The molecule has 1 aliphatic rings. The monoisotopic (exact) mass is 508 g/mol. The number of likely N-dealkylation sites (tertiary alicyclic amines) is 1. The minimum absolute atomic E-state index is 0.209. The first-order valence-electron chi connectivity index (χ1n) is 12.4. The van der Waals surface area contributed by atoms with Crippen LogP contribution in [0.1, 0.15) is 18.4 Å². The van der Waals surface area contributed by atoms with Gasteiger partial charge in [-0.3, -0.25) is 25.0 Å². The summed E-state index contributed by atoms with van der Waals surface area (Å²) in [7, 11) is 0. The van der Waals surface area contributed by atoms with Crippen LogP contribution < -0.4 is 0 Å². The Hall–Kier alpha value is -4.57. The second-order valence-corrected chi connectivity index (χ2v) is 9.49. The lowest BCUT2D eigenvalue weighted by Crippen LogP contribution is -2.18. The largest absolute Gasteiger partial charge is 0.336 e. The Kier molecular flexibility index (Phi) is 5.40. The molecule has 6 aromatic rings. The predicted octanol–water partition coefficient (Wildman–Crippen LogP) is 5.50. The number of aromatic amines is 2. The lowest BCUT2D eigenvalue weighted by atomic mass is 10.1. The number of H-pyrrole nitrogens is 2. The van der Waals surface area contributed by atoms with E-state index in [-0.39, 0.29) is 16.9 Å². The number of imidazole rings is 1. The molecule has 0 spiro atoms. The number of rotatable bonds is 5. The van der Waals surface area contributed by atoms with Crippen LogP contribution in [0.25, 0.3) is 56.0 Å². The normalized spacial score (nSPS) is 14.2. The molecule has 0 saturated carbocycles. The fraction of sp³-hybridized carbons (Fsp3) is 0.179. The fourth-order valence-electron chi connectivity index (χ4n) is 5.12. The number of fused-ring (bicyclic) bond motifs is 2. The Bertz CT molecular complexity index is 1780. The van der Waals surface area contributed by atoms with Crippen molar-refractivity contribution < 1.29 is 8.78 Å². The van der Waals surface area contributed by atoms with Gasteiger partial charge in [-0.15, -0.1) is 0 Å². The maximum atomic E-state index is 16.1. The van der Waals surface area contributed by atoms with Crippen molar-refractivity contribution in [2.45, 2.75) is 19.4 Å². The third-order valence-electron chi connectivity index (χ3n) is 6.96. The molecule has 1 fully saturated rings. The molecule has 2 N–H and O–H groups in total. The van der Waals surface area contributed by atoms with Gasteiger partial charge in [0.2, 0.25) is 0 Å². The highest BCUT2D eigenvalue weighted by atomic mass is 19.1. The quantitative estimate of drug-likeness (QED) is 0.319.